The quantitative estimate of drug-likeness (QED) is 0.420. The van der Waals surface area contributed by atoms with Crippen molar-refractivity contribution in [2.24, 2.45) is 0 Å². The molecule has 1 unspecified atom stereocenters. The highest BCUT2D eigenvalue weighted by molar-refractivity contribution is 6.06. The van der Waals surface area contributed by atoms with Crippen molar-refractivity contribution in [1.29, 1.82) is 0 Å². The summed E-state index contributed by atoms with van der Waals surface area (Å²) in [6.07, 6.45) is 0. The number of methoxy groups -OCH3 is 2. The fourth-order valence-corrected chi connectivity index (χ4v) is 4.19. The molecule has 4 aromatic rings. The summed E-state index contributed by atoms with van der Waals surface area (Å²) in [6, 6.07) is 24.2. The van der Waals surface area contributed by atoms with Crippen LogP contribution in [0.2, 0.25) is 0 Å². The van der Waals surface area contributed by atoms with Crippen LogP contribution in [0.25, 0.3) is 11.4 Å². The first-order chi connectivity index (χ1) is 17.1. The minimum atomic E-state index is -0.471. The van der Waals surface area contributed by atoms with Gasteiger partial charge in [0.1, 0.15) is 17.5 Å². The van der Waals surface area contributed by atoms with Crippen LogP contribution >= 0.6 is 0 Å². The molecule has 0 radical (unpaired) electrons. The summed E-state index contributed by atoms with van der Waals surface area (Å²) in [5.41, 5.74) is 3.61. The van der Waals surface area contributed by atoms with E-state index >= 15 is 0 Å². The number of benzene rings is 3. The van der Waals surface area contributed by atoms with Gasteiger partial charge in [0, 0.05) is 11.3 Å². The molecular formula is C27H25N5O3. The van der Waals surface area contributed by atoms with E-state index < -0.39 is 6.04 Å². The number of rotatable bonds is 6. The predicted octanol–water partition coefficient (Wildman–Crippen LogP) is 4.89. The molecule has 1 aliphatic heterocycles. The van der Waals surface area contributed by atoms with Crippen LogP contribution < -0.4 is 20.1 Å². The van der Waals surface area contributed by atoms with E-state index in [-0.39, 0.29) is 5.91 Å². The number of carbonyl (C=O) groups is 1. The number of para-hydroxylation sites is 2. The Hall–Kier alpha value is -4.59. The molecule has 35 heavy (non-hydrogen) atoms. The number of fused-ring (bicyclic) bond motifs is 1. The number of hydrogen-bond donors (Lipinski definition) is 2. The SMILES string of the molecule is COc1ccc(-c2nc3n(n2)C(c2ccccc2)C(C(=O)Nc2ccccc2OC)=C(C)N3)cc1. The zero-order valence-corrected chi connectivity index (χ0v) is 19.6. The number of amides is 1. The first kappa shape index (κ1) is 22.2. The Morgan fingerprint density at radius 3 is 2.37 bits per heavy atom. The lowest BCUT2D eigenvalue weighted by Crippen LogP contribution is -2.31. The van der Waals surface area contributed by atoms with Gasteiger partial charge in [0.05, 0.1) is 25.5 Å². The molecule has 8 nitrogen and oxygen atoms in total. The van der Waals surface area contributed by atoms with Crippen LogP contribution in [-0.4, -0.2) is 34.9 Å². The summed E-state index contributed by atoms with van der Waals surface area (Å²) < 4.78 is 12.4. The third kappa shape index (κ3) is 4.21. The van der Waals surface area contributed by atoms with Gasteiger partial charge in [-0.3, -0.25) is 4.79 Å². The second-order valence-corrected chi connectivity index (χ2v) is 8.06. The second kappa shape index (κ2) is 9.34. The van der Waals surface area contributed by atoms with Crippen molar-refractivity contribution >= 4 is 17.5 Å². The third-order valence-electron chi connectivity index (χ3n) is 5.92. The molecule has 1 aliphatic rings. The minimum Gasteiger partial charge on any atom is -0.497 e. The van der Waals surface area contributed by atoms with E-state index in [1.807, 2.05) is 79.7 Å². The molecule has 0 fully saturated rings. The van der Waals surface area contributed by atoms with Gasteiger partial charge in [-0.15, -0.1) is 5.10 Å². The van der Waals surface area contributed by atoms with E-state index in [0.29, 0.717) is 34.5 Å². The Morgan fingerprint density at radius 1 is 0.943 bits per heavy atom. The highest BCUT2D eigenvalue weighted by Crippen LogP contribution is 2.37. The topological polar surface area (TPSA) is 90.3 Å². The van der Waals surface area contributed by atoms with Crippen molar-refractivity contribution in [3.8, 4) is 22.9 Å². The lowest BCUT2D eigenvalue weighted by atomic mass is 9.95. The summed E-state index contributed by atoms with van der Waals surface area (Å²) in [4.78, 5) is 18.4. The molecule has 0 saturated heterocycles. The van der Waals surface area contributed by atoms with Gasteiger partial charge >= 0.3 is 0 Å². The molecule has 1 amide bonds. The van der Waals surface area contributed by atoms with Crippen LogP contribution in [0.15, 0.2) is 90.1 Å². The molecular weight excluding hydrogens is 442 g/mol. The zero-order valence-electron chi connectivity index (χ0n) is 19.6. The van der Waals surface area contributed by atoms with Gasteiger partial charge in [-0.25, -0.2) is 4.68 Å². The largest absolute Gasteiger partial charge is 0.497 e. The number of aromatic nitrogens is 3. The molecule has 0 bridgehead atoms. The van der Waals surface area contributed by atoms with E-state index in [1.165, 1.54) is 0 Å². The van der Waals surface area contributed by atoms with E-state index in [0.717, 1.165) is 16.9 Å². The average molecular weight is 468 g/mol. The van der Waals surface area contributed by atoms with E-state index in [4.69, 9.17) is 19.6 Å². The lowest BCUT2D eigenvalue weighted by Gasteiger charge is -2.28. The number of anilines is 2. The highest BCUT2D eigenvalue weighted by Gasteiger charge is 2.34. The van der Waals surface area contributed by atoms with Gasteiger partial charge in [0.2, 0.25) is 5.95 Å². The fraction of sp³-hybridized carbons (Fsp3) is 0.148. The summed E-state index contributed by atoms with van der Waals surface area (Å²) in [5, 5.41) is 11.1. The van der Waals surface area contributed by atoms with Gasteiger partial charge < -0.3 is 20.1 Å². The first-order valence-electron chi connectivity index (χ1n) is 11.2. The number of carbonyl (C=O) groups excluding carboxylic acids is 1. The molecule has 1 aromatic heterocycles. The zero-order chi connectivity index (χ0) is 24.4. The summed E-state index contributed by atoms with van der Waals surface area (Å²) in [5.74, 6) is 2.21. The van der Waals surface area contributed by atoms with Gasteiger partial charge in [0.15, 0.2) is 5.82 Å². The standard InChI is InChI=1S/C27H25N5O3/c1-17-23(26(33)29-21-11-7-8-12-22(21)35-3)24(18-9-5-4-6-10-18)32-27(28-17)30-25(31-32)19-13-15-20(34-2)16-14-19/h4-16,24H,1-3H3,(H,29,33)(H,28,30,31). The van der Waals surface area contributed by atoms with Gasteiger partial charge in [-0.05, 0) is 48.9 Å². The van der Waals surface area contributed by atoms with Crippen LogP contribution in [0.4, 0.5) is 11.6 Å². The molecule has 8 heteroatoms. The van der Waals surface area contributed by atoms with Crippen LogP contribution in [0.3, 0.4) is 0 Å². The number of ether oxygens (including phenoxy) is 2. The first-order valence-corrected chi connectivity index (χ1v) is 11.2. The monoisotopic (exact) mass is 467 g/mol. The van der Waals surface area contributed by atoms with E-state index in [2.05, 4.69) is 10.6 Å². The van der Waals surface area contributed by atoms with Crippen LogP contribution in [0, 0.1) is 0 Å². The molecule has 5 rings (SSSR count). The molecule has 2 heterocycles. The maximum Gasteiger partial charge on any atom is 0.255 e. The Bertz CT molecular complexity index is 1390. The molecule has 1 atom stereocenters. The second-order valence-electron chi connectivity index (χ2n) is 8.06. The number of nitrogens with one attached hydrogen (secondary N) is 2. The van der Waals surface area contributed by atoms with Crippen molar-refractivity contribution in [3.63, 3.8) is 0 Å². The Kier molecular flexibility index (Phi) is 5.93. The molecule has 176 valence electrons. The van der Waals surface area contributed by atoms with E-state index in [1.54, 1.807) is 25.0 Å². The van der Waals surface area contributed by atoms with Crippen molar-refractivity contribution in [3.05, 3.63) is 95.7 Å². The summed E-state index contributed by atoms with van der Waals surface area (Å²) in [6.45, 7) is 1.87. The lowest BCUT2D eigenvalue weighted by molar-refractivity contribution is -0.113. The van der Waals surface area contributed by atoms with Gasteiger partial charge in [-0.2, -0.15) is 4.98 Å². The Morgan fingerprint density at radius 2 is 1.66 bits per heavy atom. The maximum atomic E-state index is 13.6. The normalized spacial score (nSPS) is 14.7. The molecule has 0 aliphatic carbocycles. The fourth-order valence-electron chi connectivity index (χ4n) is 4.19. The van der Waals surface area contributed by atoms with E-state index in [9.17, 15) is 4.79 Å². The van der Waals surface area contributed by atoms with Crippen molar-refractivity contribution in [2.45, 2.75) is 13.0 Å². The maximum absolute atomic E-state index is 13.6. The van der Waals surface area contributed by atoms with Crippen molar-refractivity contribution in [2.75, 3.05) is 24.9 Å². The Labute approximate surface area is 203 Å². The smallest absolute Gasteiger partial charge is 0.255 e. The summed E-state index contributed by atoms with van der Waals surface area (Å²) in [7, 11) is 3.20. The Balaban J connectivity index is 1.57. The van der Waals surface area contributed by atoms with Gasteiger partial charge in [-0.1, -0.05) is 42.5 Å². The molecule has 2 N–H and O–H groups in total. The van der Waals surface area contributed by atoms with Crippen molar-refractivity contribution in [1.82, 2.24) is 14.8 Å². The van der Waals surface area contributed by atoms with Crippen LogP contribution in [-0.2, 0) is 4.79 Å². The molecule has 0 saturated carbocycles. The van der Waals surface area contributed by atoms with Crippen LogP contribution in [0.1, 0.15) is 18.5 Å². The number of hydrogen-bond acceptors (Lipinski definition) is 6. The van der Waals surface area contributed by atoms with Crippen molar-refractivity contribution < 1.29 is 14.3 Å². The molecule has 3 aromatic carbocycles. The molecule has 0 spiro atoms. The number of allylic oxidation sites excluding steroid dienone is 1. The average Bonchev–Trinajstić information content (AvgIpc) is 3.32. The highest BCUT2D eigenvalue weighted by atomic mass is 16.5. The summed E-state index contributed by atoms with van der Waals surface area (Å²) >= 11 is 0. The minimum absolute atomic E-state index is 0.250. The third-order valence-corrected chi connectivity index (χ3v) is 5.92. The van der Waals surface area contributed by atoms with Gasteiger partial charge in [0.25, 0.3) is 5.91 Å². The van der Waals surface area contributed by atoms with Crippen LogP contribution in [0.5, 0.6) is 11.5 Å². The number of nitrogens with zero attached hydrogens (tertiary/aromatic N) is 3. The predicted molar refractivity (Wildman–Crippen MR) is 135 cm³/mol.